The molecule has 4 aliphatic rings. The highest BCUT2D eigenvalue weighted by molar-refractivity contribution is 5.35. The number of rotatable bonds is 4. The Morgan fingerprint density at radius 1 is 1.17 bits per heavy atom. The molecule has 1 aromatic carbocycles. The lowest BCUT2D eigenvalue weighted by atomic mass is 9.43. The second-order valence-corrected chi connectivity index (χ2v) is 8.09. The van der Waals surface area contributed by atoms with Gasteiger partial charge in [-0.2, -0.15) is 0 Å². The maximum Gasteiger partial charge on any atom is 0.230 e. The average Bonchev–Trinajstić information content (AvgIpc) is 2.49. The first-order valence-corrected chi connectivity index (χ1v) is 8.95. The van der Waals surface area contributed by atoms with Crippen molar-refractivity contribution < 1.29 is 4.92 Å². The van der Waals surface area contributed by atoms with Crippen molar-refractivity contribution in [2.45, 2.75) is 50.9 Å². The second-order valence-electron chi connectivity index (χ2n) is 8.09. The van der Waals surface area contributed by atoms with Crippen molar-refractivity contribution in [1.82, 2.24) is 0 Å². The van der Waals surface area contributed by atoms with Gasteiger partial charge in [0, 0.05) is 5.41 Å². The van der Waals surface area contributed by atoms with Crippen LogP contribution < -0.4 is 0 Å². The van der Waals surface area contributed by atoms with Gasteiger partial charge in [-0.05, 0) is 80.8 Å². The van der Waals surface area contributed by atoms with Crippen molar-refractivity contribution in [3.8, 4) is 0 Å². The highest BCUT2D eigenvalue weighted by Gasteiger charge is 2.57. The summed E-state index contributed by atoms with van der Waals surface area (Å²) in [6.45, 7) is 2.15. The Bertz CT molecular complexity index is 621. The summed E-state index contributed by atoms with van der Waals surface area (Å²) in [5.41, 5.74) is 2.86. The molecule has 3 heteroatoms. The molecule has 4 fully saturated rings. The highest BCUT2D eigenvalue weighted by atomic mass is 16.6. The van der Waals surface area contributed by atoms with Crippen LogP contribution in [0.5, 0.6) is 0 Å². The fraction of sp³-hybridized carbons (Fsp3) is 0.600. The summed E-state index contributed by atoms with van der Waals surface area (Å²) in [6, 6.07) is 8.92. The standard InChI is InChI=1S/C20H25NO2/c1-14-4-2-5-17(8-14)20(6-3-7-21(22)23)18-10-15-9-16(12-18)13-19(20)11-15/h2-5,7-8,15-16,18-19H,6,9-13H2,1H3. The third kappa shape index (κ3) is 2.41. The molecule has 0 saturated heterocycles. The van der Waals surface area contributed by atoms with Crippen LogP contribution in [0.25, 0.3) is 0 Å². The van der Waals surface area contributed by atoms with Gasteiger partial charge in [-0.15, -0.1) is 0 Å². The topological polar surface area (TPSA) is 43.1 Å². The quantitative estimate of drug-likeness (QED) is 0.588. The fourth-order valence-corrected chi connectivity index (χ4v) is 6.22. The first-order chi connectivity index (χ1) is 11.1. The molecule has 4 saturated carbocycles. The van der Waals surface area contributed by atoms with E-state index in [1.807, 2.05) is 6.08 Å². The Hall–Kier alpha value is -1.64. The molecule has 0 unspecified atom stereocenters. The van der Waals surface area contributed by atoms with E-state index in [2.05, 4.69) is 31.2 Å². The van der Waals surface area contributed by atoms with Gasteiger partial charge in [-0.3, -0.25) is 10.1 Å². The summed E-state index contributed by atoms with van der Waals surface area (Å²) in [5.74, 6) is 3.23. The van der Waals surface area contributed by atoms with Crippen LogP contribution in [-0.2, 0) is 5.41 Å². The van der Waals surface area contributed by atoms with E-state index in [-0.39, 0.29) is 10.3 Å². The Morgan fingerprint density at radius 3 is 2.39 bits per heavy atom. The second kappa shape index (κ2) is 5.47. The predicted molar refractivity (Wildman–Crippen MR) is 90.7 cm³/mol. The average molecular weight is 311 g/mol. The minimum atomic E-state index is -0.319. The van der Waals surface area contributed by atoms with E-state index in [4.69, 9.17) is 0 Å². The van der Waals surface area contributed by atoms with Gasteiger partial charge in [-0.1, -0.05) is 29.8 Å². The first-order valence-electron chi connectivity index (χ1n) is 8.95. The van der Waals surface area contributed by atoms with Crippen molar-refractivity contribution >= 4 is 0 Å². The number of nitrogens with zero attached hydrogens (tertiary/aromatic N) is 1. The normalized spacial score (nSPS) is 38.3. The van der Waals surface area contributed by atoms with Crippen molar-refractivity contribution in [2.24, 2.45) is 23.7 Å². The zero-order chi connectivity index (χ0) is 16.0. The number of benzene rings is 1. The van der Waals surface area contributed by atoms with E-state index in [0.717, 1.165) is 24.5 Å². The lowest BCUT2D eigenvalue weighted by Crippen LogP contribution is -2.55. The maximum atomic E-state index is 10.8. The molecule has 4 aliphatic carbocycles. The predicted octanol–water partition coefficient (Wildman–Crippen LogP) is 4.87. The van der Waals surface area contributed by atoms with Gasteiger partial charge in [0.15, 0.2) is 0 Å². The Balaban J connectivity index is 1.76. The molecule has 0 heterocycles. The molecule has 3 nitrogen and oxygen atoms in total. The number of hydrogen-bond acceptors (Lipinski definition) is 2. The van der Waals surface area contributed by atoms with E-state index >= 15 is 0 Å². The van der Waals surface area contributed by atoms with Crippen LogP contribution in [0.1, 0.15) is 49.7 Å². The summed E-state index contributed by atoms with van der Waals surface area (Å²) in [7, 11) is 0. The number of aryl methyl sites for hydroxylation is 1. The minimum absolute atomic E-state index is 0.131. The van der Waals surface area contributed by atoms with Gasteiger partial charge in [0.2, 0.25) is 6.20 Å². The number of hydrogen-bond donors (Lipinski definition) is 0. The molecule has 0 amide bonds. The summed E-state index contributed by atoms with van der Waals surface area (Å²) >= 11 is 0. The van der Waals surface area contributed by atoms with Gasteiger partial charge in [0.1, 0.15) is 0 Å². The molecule has 0 N–H and O–H groups in total. The van der Waals surface area contributed by atoms with Crippen LogP contribution in [-0.4, -0.2) is 4.92 Å². The molecule has 0 aliphatic heterocycles. The van der Waals surface area contributed by atoms with Crippen molar-refractivity contribution in [3.05, 3.63) is 57.8 Å². The summed E-state index contributed by atoms with van der Waals surface area (Å²) in [5, 5.41) is 10.8. The lowest BCUT2D eigenvalue weighted by Gasteiger charge is -2.61. The first kappa shape index (κ1) is 14.9. The zero-order valence-corrected chi connectivity index (χ0v) is 13.8. The van der Waals surface area contributed by atoms with Gasteiger partial charge in [0.25, 0.3) is 0 Å². The van der Waals surface area contributed by atoms with Gasteiger partial charge >= 0.3 is 0 Å². The van der Waals surface area contributed by atoms with E-state index in [9.17, 15) is 10.1 Å². The Kier molecular flexibility index (Phi) is 3.55. The van der Waals surface area contributed by atoms with E-state index in [1.165, 1.54) is 43.2 Å². The molecule has 1 aromatic rings. The van der Waals surface area contributed by atoms with E-state index in [1.54, 1.807) is 0 Å². The largest absolute Gasteiger partial charge is 0.259 e. The molecular formula is C20H25NO2. The number of nitro groups is 1. The lowest BCUT2D eigenvalue weighted by molar-refractivity contribution is -0.402. The molecule has 122 valence electrons. The smallest absolute Gasteiger partial charge is 0.230 e. The van der Waals surface area contributed by atoms with Crippen LogP contribution in [0.15, 0.2) is 36.5 Å². The van der Waals surface area contributed by atoms with Crippen LogP contribution in [0.3, 0.4) is 0 Å². The molecule has 4 bridgehead atoms. The van der Waals surface area contributed by atoms with Crippen molar-refractivity contribution in [2.75, 3.05) is 0 Å². The Morgan fingerprint density at radius 2 is 1.83 bits per heavy atom. The van der Waals surface area contributed by atoms with Crippen molar-refractivity contribution in [3.63, 3.8) is 0 Å². The molecule has 5 rings (SSSR count). The van der Waals surface area contributed by atoms with Gasteiger partial charge in [-0.25, -0.2) is 0 Å². The zero-order valence-electron chi connectivity index (χ0n) is 13.8. The summed E-state index contributed by atoms with van der Waals surface area (Å²) in [4.78, 5) is 10.4. The summed E-state index contributed by atoms with van der Waals surface area (Å²) in [6.07, 6.45) is 10.5. The third-order valence-corrected chi connectivity index (χ3v) is 6.83. The summed E-state index contributed by atoms with van der Waals surface area (Å²) < 4.78 is 0. The van der Waals surface area contributed by atoms with Crippen LogP contribution >= 0.6 is 0 Å². The third-order valence-electron chi connectivity index (χ3n) is 6.83. The fourth-order valence-electron chi connectivity index (χ4n) is 6.22. The van der Waals surface area contributed by atoms with Crippen LogP contribution in [0, 0.1) is 40.7 Å². The molecule has 0 atom stereocenters. The van der Waals surface area contributed by atoms with Crippen LogP contribution in [0.4, 0.5) is 0 Å². The highest BCUT2D eigenvalue weighted by Crippen LogP contribution is 2.64. The monoisotopic (exact) mass is 311 g/mol. The molecule has 23 heavy (non-hydrogen) atoms. The van der Waals surface area contributed by atoms with E-state index in [0.29, 0.717) is 11.8 Å². The molecule has 0 spiro atoms. The maximum absolute atomic E-state index is 10.8. The number of allylic oxidation sites excluding steroid dienone is 1. The minimum Gasteiger partial charge on any atom is -0.259 e. The van der Waals surface area contributed by atoms with Crippen LogP contribution in [0.2, 0.25) is 0 Å². The molecule has 0 radical (unpaired) electrons. The molecule has 0 aromatic heterocycles. The van der Waals surface area contributed by atoms with Gasteiger partial charge < -0.3 is 0 Å². The van der Waals surface area contributed by atoms with Gasteiger partial charge in [0.05, 0.1) is 4.92 Å². The van der Waals surface area contributed by atoms with E-state index < -0.39 is 0 Å². The SMILES string of the molecule is Cc1cccc(C2(CC=C[N+](=O)[O-])C3CC4CC(C3)CC2C4)c1. The Labute approximate surface area is 137 Å². The van der Waals surface area contributed by atoms with Crippen molar-refractivity contribution in [1.29, 1.82) is 0 Å². The molecular weight excluding hydrogens is 286 g/mol.